The van der Waals surface area contributed by atoms with E-state index in [4.69, 9.17) is 10.5 Å². The molecule has 0 spiro atoms. The molecular weight excluding hydrogens is 310 g/mol. The Kier molecular flexibility index (Phi) is 5.48. The number of hydrogen-bond acceptors (Lipinski definition) is 5. The molecule has 132 valence electrons. The summed E-state index contributed by atoms with van der Waals surface area (Å²) in [6.45, 7) is 7.93. The van der Waals surface area contributed by atoms with Crippen LogP contribution >= 0.6 is 0 Å². The zero-order chi connectivity index (χ0) is 17.7. The van der Waals surface area contributed by atoms with Crippen molar-refractivity contribution >= 4 is 17.8 Å². The number of nitrogen functional groups attached to an aromatic ring is 1. The molecule has 1 aliphatic heterocycles. The topological polar surface area (TPSA) is 101 Å². The molecule has 0 unspecified atom stereocenters. The van der Waals surface area contributed by atoms with Gasteiger partial charge in [0.2, 0.25) is 0 Å². The number of rotatable bonds is 5. The van der Waals surface area contributed by atoms with Gasteiger partial charge in [0.1, 0.15) is 5.60 Å². The molecule has 0 aromatic carbocycles. The van der Waals surface area contributed by atoms with Crippen molar-refractivity contribution in [1.29, 1.82) is 0 Å². The molecule has 0 aliphatic carbocycles. The van der Waals surface area contributed by atoms with Gasteiger partial charge in [-0.05, 0) is 32.4 Å². The smallest absolute Gasteiger partial charge is 0.407 e. The molecule has 0 radical (unpaired) electrons. The molecule has 1 fully saturated rings. The van der Waals surface area contributed by atoms with Gasteiger partial charge in [-0.1, -0.05) is 0 Å². The highest BCUT2D eigenvalue weighted by atomic mass is 16.6. The summed E-state index contributed by atoms with van der Waals surface area (Å²) in [6.07, 6.45) is 2.77. The summed E-state index contributed by atoms with van der Waals surface area (Å²) in [5.41, 5.74) is 6.79. The van der Waals surface area contributed by atoms with Crippen molar-refractivity contribution in [3.63, 3.8) is 0 Å². The Morgan fingerprint density at radius 1 is 1.38 bits per heavy atom. The maximum atomic E-state index is 12.4. The van der Waals surface area contributed by atoms with Crippen LogP contribution < -0.4 is 11.1 Å². The standard InChI is InChI=1S/C16H25N5O3/c1-16(2,3)24-14(22)19-6-7-20-8-9-21(15(20)23)11-12-4-5-18-10-13(12)17/h4-5,10H,6-9,11,17H2,1-3H3,(H,19,22). The number of urea groups is 1. The average Bonchev–Trinajstić information content (AvgIpc) is 2.81. The molecule has 3 amide bonds. The van der Waals surface area contributed by atoms with Crippen LogP contribution in [0, 0.1) is 0 Å². The van der Waals surface area contributed by atoms with E-state index in [0.29, 0.717) is 38.4 Å². The van der Waals surface area contributed by atoms with Crippen LogP contribution in [0.1, 0.15) is 26.3 Å². The van der Waals surface area contributed by atoms with Crippen molar-refractivity contribution in [2.24, 2.45) is 0 Å². The van der Waals surface area contributed by atoms with Gasteiger partial charge in [0.05, 0.1) is 11.9 Å². The number of nitrogens with zero attached hydrogens (tertiary/aromatic N) is 3. The fourth-order valence-corrected chi connectivity index (χ4v) is 2.38. The number of ether oxygens (including phenoxy) is 1. The van der Waals surface area contributed by atoms with E-state index < -0.39 is 11.7 Å². The first-order valence-corrected chi connectivity index (χ1v) is 7.95. The second kappa shape index (κ2) is 7.37. The van der Waals surface area contributed by atoms with Crippen LogP contribution in [0.25, 0.3) is 0 Å². The van der Waals surface area contributed by atoms with E-state index in [9.17, 15) is 9.59 Å². The number of carbonyl (C=O) groups excluding carboxylic acids is 2. The zero-order valence-corrected chi connectivity index (χ0v) is 14.4. The first-order chi connectivity index (χ1) is 11.3. The third-order valence-corrected chi connectivity index (χ3v) is 3.54. The van der Waals surface area contributed by atoms with Gasteiger partial charge in [0.15, 0.2) is 0 Å². The van der Waals surface area contributed by atoms with Gasteiger partial charge >= 0.3 is 12.1 Å². The predicted molar refractivity (Wildman–Crippen MR) is 90.3 cm³/mol. The molecule has 2 rings (SSSR count). The first kappa shape index (κ1) is 17.8. The van der Waals surface area contributed by atoms with Gasteiger partial charge in [-0.15, -0.1) is 0 Å². The van der Waals surface area contributed by atoms with Crippen molar-refractivity contribution in [2.45, 2.75) is 32.9 Å². The second-order valence-corrected chi connectivity index (χ2v) is 6.69. The van der Waals surface area contributed by atoms with Crippen LogP contribution in [0.4, 0.5) is 15.3 Å². The highest BCUT2D eigenvalue weighted by Crippen LogP contribution is 2.16. The number of hydrogen-bond donors (Lipinski definition) is 2. The zero-order valence-electron chi connectivity index (χ0n) is 14.4. The Morgan fingerprint density at radius 2 is 2.08 bits per heavy atom. The number of amides is 3. The van der Waals surface area contributed by atoms with Crippen LogP contribution in [-0.4, -0.2) is 58.7 Å². The van der Waals surface area contributed by atoms with Gasteiger partial charge in [0.25, 0.3) is 0 Å². The van der Waals surface area contributed by atoms with Gasteiger partial charge < -0.3 is 25.6 Å². The average molecular weight is 335 g/mol. The summed E-state index contributed by atoms with van der Waals surface area (Å²) >= 11 is 0. The normalized spacial score (nSPS) is 14.9. The van der Waals surface area contributed by atoms with Crippen LogP contribution in [0.15, 0.2) is 18.5 Å². The van der Waals surface area contributed by atoms with Crippen molar-refractivity contribution in [3.05, 3.63) is 24.0 Å². The van der Waals surface area contributed by atoms with Crippen LogP contribution in [0.2, 0.25) is 0 Å². The van der Waals surface area contributed by atoms with Gasteiger partial charge in [-0.25, -0.2) is 9.59 Å². The van der Waals surface area contributed by atoms with E-state index in [-0.39, 0.29) is 6.03 Å². The lowest BCUT2D eigenvalue weighted by molar-refractivity contribution is 0.0524. The molecule has 8 nitrogen and oxygen atoms in total. The van der Waals surface area contributed by atoms with Gasteiger partial charge in [-0.2, -0.15) is 0 Å². The summed E-state index contributed by atoms with van der Waals surface area (Å²) < 4.78 is 5.16. The third kappa shape index (κ3) is 5.00. The van der Waals surface area contributed by atoms with Crippen LogP contribution in [0.3, 0.4) is 0 Å². The summed E-state index contributed by atoms with van der Waals surface area (Å²) in [4.78, 5) is 31.4. The van der Waals surface area contributed by atoms with Crippen molar-refractivity contribution in [2.75, 3.05) is 31.9 Å². The van der Waals surface area contributed by atoms with Gasteiger partial charge in [0, 0.05) is 38.9 Å². The summed E-state index contributed by atoms with van der Waals surface area (Å²) in [5.74, 6) is 0. The maximum absolute atomic E-state index is 12.4. The number of nitrogens with one attached hydrogen (secondary N) is 1. The predicted octanol–water partition coefficient (Wildman–Crippen LogP) is 1.43. The van der Waals surface area contributed by atoms with E-state index in [1.165, 1.54) is 0 Å². The number of alkyl carbamates (subject to hydrolysis) is 1. The number of carbonyl (C=O) groups is 2. The maximum Gasteiger partial charge on any atom is 0.407 e. The van der Waals surface area contributed by atoms with Gasteiger partial charge in [-0.3, -0.25) is 4.98 Å². The lowest BCUT2D eigenvalue weighted by Crippen LogP contribution is -2.39. The number of nitrogens with two attached hydrogens (primary N) is 1. The minimum absolute atomic E-state index is 0.0581. The van der Waals surface area contributed by atoms with Crippen LogP contribution in [0.5, 0.6) is 0 Å². The molecule has 1 aromatic heterocycles. The quantitative estimate of drug-likeness (QED) is 0.847. The molecule has 3 N–H and O–H groups in total. The van der Waals surface area contributed by atoms with E-state index >= 15 is 0 Å². The minimum Gasteiger partial charge on any atom is -0.444 e. The Hall–Kier alpha value is -2.51. The highest BCUT2D eigenvalue weighted by Gasteiger charge is 2.28. The Balaban J connectivity index is 1.78. The Bertz CT molecular complexity index is 600. The lowest BCUT2D eigenvalue weighted by atomic mass is 10.2. The first-order valence-electron chi connectivity index (χ1n) is 7.95. The third-order valence-electron chi connectivity index (χ3n) is 3.54. The molecule has 0 bridgehead atoms. The SMILES string of the molecule is CC(C)(C)OC(=O)NCCN1CCN(Cc2ccncc2N)C1=O. The molecule has 1 saturated heterocycles. The number of pyridine rings is 1. The van der Waals surface area contributed by atoms with E-state index in [2.05, 4.69) is 10.3 Å². The Morgan fingerprint density at radius 3 is 2.75 bits per heavy atom. The summed E-state index contributed by atoms with van der Waals surface area (Å²) in [7, 11) is 0. The van der Waals surface area contributed by atoms with Crippen LogP contribution in [-0.2, 0) is 11.3 Å². The highest BCUT2D eigenvalue weighted by molar-refractivity contribution is 5.77. The van der Waals surface area contributed by atoms with Crippen molar-refractivity contribution in [1.82, 2.24) is 20.1 Å². The molecule has 1 aliphatic rings. The lowest BCUT2D eigenvalue weighted by Gasteiger charge is -2.21. The molecule has 0 atom stereocenters. The molecule has 8 heteroatoms. The second-order valence-electron chi connectivity index (χ2n) is 6.69. The Labute approximate surface area is 142 Å². The molecule has 0 saturated carbocycles. The minimum atomic E-state index is -0.533. The largest absolute Gasteiger partial charge is 0.444 e. The summed E-state index contributed by atoms with van der Waals surface area (Å²) in [5, 5.41) is 2.66. The molecule has 24 heavy (non-hydrogen) atoms. The van der Waals surface area contributed by atoms with Crippen molar-refractivity contribution in [3.8, 4) is 0 Å². The fraction of sp³-hybridized carbons (Fsp3) is 0.562. The van der Waals surface area contributed by atoms with Crippen molar-refractivity contribution < 1.29 is 14.3 Å². The monoisotopic (exact) mass is 335 g/mol. The molecule has 1 aromatic rings. The molecule has 2 heterocycles. The number of anilines is 1. The molecular formula is C16H25N5O3. The summed E-state index contributed by atoms with van der Waals surface area (Å²) in [6, 6.07) is 1.76. The van der Waals surface area contributed by atoms with E-state index in [0.717, 1.165) is 5.56 Å². The fourth-order valence-electron chi connectivity index (χ4n) is 2.38. The van der Waals surface area contributed by atoms with E-state index in [1.54, 1.807) is 43.0 Å². The van der Waals surface area contributed by atoms with E-state index in [1.807, 2.05) is 6.07 Å². The number of aromatic nitrogens is 1.